The monoisotopic (exact) mass is 803 g/mol. The predicted molar refractivity (Wildman–Crippen MR) is 213 cm³/mol. The zero-order chi connectivity index (χ0) is 42.2. The van der Waals surface area contributed by atoms with Crippen LogP contribution in [0.2, 0.25) is 0 Å². The van der Waals surface area contributed by atoms with Gasteiger partial charge in [-0.3, -0.25) is 14.4 Å². The summed E-state index contributed by atoms with van der Waals surface area (Å²) in [6.45, 7) is 13.2. The van der Waals surface area contributed by atoms with Gasteiger partial charge in [0.1, 0.15) is 18.2 Å². The maximum absolute atomic E-state index is 14.3. The average Bonchev–Trinajstić information content (AvgIpc) is 3.18. The van der Waals surface area contributed by atoms with E-state index < -0.39 is 77.9 Å². The van der Waals surface area contributed by atoms with Gasteiger partial charge in [-0.2, -0.15) is 0 Å². The summed E-state index contributed by atoms with van der Waals surface area (Å²) in [5.74, 6) is -7.32. The minimum Gasteiger partial charge on any atom is -0.456 e. The fourth-order valence-corrected chi connectivity index (χ4v) is 9.44. The normalized spacial score (nSPS) is 41.0. The molecule has 13 nitrogen and oxygen atoms in total. The second-order valence-electron chi connectivity index (χ2n) is 17.3. The van der Waals surface area contributed by atoms with Crippen molar-refractivity contribution in [2.75, 3.05) is 27.9 Å². The Morgan fingerprint density at radius 2 is 1.58 bits per heavy atom. The van der Waals surface area contributed by atoms with Crippen molar-refractivity contribution in [1.29, 1.82) is 0 Å². The summed E-state index contributed by atoms with van der Waals surface area (Å²) in [5, 5.41) is 34.1. The first-order valence-electron chi connectivity index (χ1n) is 20.9. The highest BCUT2D eigenvalue weighted by Crippen LogP contribution is 2.39. The number of Topliss-reactive ketones (excluding diaryl/α,β-unsaturated/α-hetero) is 2. The second kappa shape index (κ2) is 21.0. The molecule has 3 heterocycles. The van der Waals surface area contributed by atoms with E-state index in [2.05, 4.69) is 13.5 Å². The number of ether oxygens (including phenoxy) is 5. The van der Waals surface area contributed by atoms with Crippen LogP contribution in [-0.2, 0) is 42.9 Å². The van der Waals surface area contributed by atoms with Gasteiger partial charge < -0.3 is 43.9 Å². The molecule has 0 aromatic heterocycles. The molecule has 57 heavy (non-hydrogen) atoms. The summed E-state index contributed by atoms with van der Waals surface area (Å²) in [7, 11) is 4.61. The molecule has 3 aliphatic heterocycles. The molecule has 14 atom stereocenters. The van der Waals surface area contributed by atoms with Crippen LogP contribution < -0.4 is 0 Å². The van der Waals surface area contributed by atoms with Crippen molar-refractivity contribution >= 4 is 23.4 Å². The number of ketones is 2. The number of nitrogens with zero attached hydrogens (tertiary/aromatic N) is 1. The molecule has 14 unspecified atom stereocenters. The first kappa shape index (κ1) is 46.9. The van der Waals surface area contributed by atoms with Crippen molar-refractivity contribution in [2.24, 2.45) is 29.6 Å². The topological polar surface area (TPSA) is 178 Å². The van der Waals surface area contributed by atoms with Crippen molar-refractivity contribution in [3.05, 3.63) is 36.0 Å². The summed E-state index contributed by atoms with van der Waals surface area (Å²) in [6.07, 6.45) is 4.89. The van der Waals surface area contributed by atoms with E-state index >= 15 is 0 Å². The summed E-state index contributed by atoms with van der Waals surface area (Å²) in [5.41, 5.74) is 1.18. The van der Waals surface area contributed by atoms with Crippen molar-refractivity contribution < 1.29 is 58.2 Å². The quantitative estimate of drug-likeness (QED) is 0.185. The molecule has 0 radical (unpaired) electrons. The van der Waals surface area contributed by atoms with Crippen molar-refractivity contribution in [3.63, 3.8) is 0 Å². The van der Waals surface area contributed by atoms with Gasteiger partial charge in [0.2, 0.25) is 5.79 Å². The number of amides is 1. The Morgan fingerprint density at radius 1 is 0.912 bits per heavy atom. The number of piperidine rings is 1. The van der Waals surface area contributed by atoms with E-state index in [1.165, 1.54) is 19.1 Å². The number of methoxy groups -OCH3 is 3. The van der Waals surface area contributed by atoms with Gasteiger partial charge >= 0.3 is 5.97 Å². The maximum atomic E-state index is 14.3. The number of aliphatic hydroxyl groups excluding tert-OH is 2. The third kappa shape index (κ3) is 11.3. The summed E-state index contributed by atoms with van der Waals surface area (Å²) >= 11 is 0. The number of aliphatic hydroxyl groups is 3. The van der Waals surface area contributed by atoms with Gasteiger partial charge in [0.25, 0.3) is 11.7 Å². The molecule has 0 aromatic rings. The lowest BCUT2D eigenvalue weighted by Crippen LogP contribution is -2.64. The standard InChI is InChI=1S/C44H69NO12/c1-10-13-31-19-25(2)18-26(3)20-37(54-8)40-38(55-9)22-28(5)44(52,57-40)41(49)42(50)45-17-12-11-14-32(45)43(51)56-39(29(6)34(47)24-35(31)48)27(4)21-30-15-16-33(46)36(23-30)53-7/h10,19,21,25-26,28-30,32-34,36-40,46-47,52H,1,11-18,20,22-24H2,2-9H3/b27-21?,31-19+. The zero-order valence-electron chi connectivity index (χ0n) is 35.4. The van der Waals surface area contributed by atoms with E-state index in [-0.39, 0.29) is 55.4 Å². The highest BCUT2D eigenvalue weighted by Gasteiger charge is 2.56. The number of cyclic esters (lactones) is 1. The van der Waals surface area contributed by atoms with Gasteiger partial charge in [-0.25, -0.2) is 4.79 Å². The Balaban J connectivity index is 1.78. The van der Waals surface area contributed by atoms with Gasteiger partial charge in [-0.15, -0.1) is 6.58 Å². The van der Waals surface area contributed by atoms with Crippen LogP contribution in [0.3, 0.4) is 0 Å². The van der Waals surface area contributed by atoms with Crippen LogP contribution in [0.1, 0.15) is 105 Å². The molecule has 0 spiro atoms. The fraction of sp³-hybridized carbons (Fsp3) is 0.773. The molecule has 3 fully saturated rings. The number of rotatable bonds is 7. The Hall–Kier alpha value is -2.78. The second-order valence-corrected chi connectivity index (χ2v) is 17.3. The summed E-state index contributed by atoms with van der Waals surface area (Å²) in [4.78, 5) is 57.8. The smallest absolute Gasteiger partial charge is 0.329 e. The number of fused-ring (bicyclic) bond motifs is 3. The number of carbonyl (C=O) groups is 4. The zero-order valence-corrected chi connectivity index (χ0v) is 35.4. The summed E-state index contributed by atoms with van der Waals surface area (Å²) < 4.78 is 29.8. The number of allylic oxidation sites excluding steroid dienone is 4. The molecule has 3 N–H and O–H groups in total. The van der Waals surface area contributed by atoms with E-state index in [0.717, 1.165) is 0 Å². The molecule has 1 amide bonds. The number of hydrogen-bond acceptors (Lipinski definition) is 12. The fourth-order valence-electron chi connectivity index (χ4n) is 9.44. The van der Waals surface area contributed by atoms with Crippen LogP contribution in [0.25, 0.3) is 0 Å². The lowest BCUT2D eigenvalue weighted by Gasteiger charge is -2.47. The molecule has 13 heteroatoms. The Labute approximate surface area is 339 Å². The van der Waals surface area contributed by atoms with Gasteiger partial charge in [-0.1, -0.05) is 45.9 Å². The van der Waals surface area contributed by atoms with Crippen LogP contribution >= 0.6 is 0 Å². The SMILES string of the molecule is C=CC/C1=C\C(C)CC(C)CC(OC)C2OC(O)(C(=O)C(=O)N3CCCCC3C(=O)OC(C(C)=CC3CCC(O)C(OC)C3)C(C)C(O)CC1=O)C(C)CC2OC. The van der Waals surface area contributed by atoms with Crippen LogP contribution in [-0.4, -0.2) is 126 Å². The maximum Gasteiger partial charge on any atom is 0.329 e. The van der Waals surface area contributed by atoms with Gasteiger partial charge in [0, 0.05) is 46.1 Å². The van der Waals surface area contributed by atoms with E-state index in [1.807, 2.05) is 26.0 Å². The van der Waals surface area contributed by atoms with Crippen LogP contribution in [0.5, 0.6) is 0 Å². The molecule has 4 aliphatic rings. The number of hydrogen-bond donors (Lipinski definition) is 3. The largest absolute Gasteiger partial charge is 0.456 e. The van der Waals surface area contributed by atoms with E-state index in [0.29, 0.717) is 62.5 Å². The van der Waals surface area contributed by atoms with Gasteiger partial charge in [0.15, 0.2) is 5.78 Å². The van der Waals surface area contributed by atoms with Gasteiger partial charge in [0.05, 0.1) is 30.5 Å². The third-order valence-corrected chi connectivity index (χ3v) is 12.8. The minimum absolute atomic E-state index is 0.0120. The Kier molecular flexibility index (Phi) is 17.2. The highest BCUT2D eigenvalue weighted by atomic mass is 16.7. The first-order valence-corrected chi connectivity index (χ1v) is 20.9. The van der Waals surface area contributed by atoms with Crippen molar-refractivity contribution in [1.82, 2.24) is 4.90 Å². The lowest BCUT2D eigenvalue weighted by molar-refractivity contribution is -0.302. The van der Waals surface area contributed by atoms with E-state index in [9.17, 15) is 34.5 Å². The van der Waals surface area contributed by atoms with Crippen LogP contribution in [0, 0.1) is 29.6 Å². The Morgan fingerprint density at radius 3 is 2.23 bits per heavy atom. The molecule has 1 saturated carbocycles. The van der Waals surface area contributed by atoms with Crippen LogP contribution in [0.15, 0.2) is 36.0 Å². The lowest BCUT2D eigenvalue weighted by atomic mass is 9.81. The van der Waals surface area contributed by atoms with Crippen LogP contribution in [0.4, 0.5) is 0 Å². The predicted octanol–water partition coefficient (Wildman–Crippen LogP) is 4.64. The summed E-state index contributed by atoms with van der Waals surface area (Å²) in [6, 6.07) is -1.14. The molecule has 1 aliphatic carbocycles. The third-order valence-electron chi connectivity index (χ3n) is 12.8. The molecule has 2 bridgehead atoms. The van der Waals surface area contributed by atoms with E-state index in [4.69, 9.17) is 23.7 Å². The number of esters is 1. The Bertz CT molecular complexity index is 1480. The minimum atomic E-state index is -2.51. The van der Waals surface area contributed by atoms with E-state index in [1.54, 1.807) is 27.0 Å². The molecule has 322 valence electrons. The van der Waals surface area contributed by atoms with Crippen molar-refractivity contribution in [2.45, 2.75) is 160 Å². The highest BCUT2D eigenvalue weighted by molar-refractivity contribution is 6.39. The molecule has 4 rings (SSSR count). The first-order chi connectivity index (χ1) is 27.0. The van der Waals surface area contributed by atoms with Gasteiger partial charge in [-0.05, 0) is 100 Å². The average molecular weight is 804 g/mol. The molecular weight excluding hydrogens is 734 g/mol. The number of carbonyl (C=O) groups excluding carboxylic acids is 4. The molecule has 2 saturated heterocycles. The van der Waals surface area contributed by atoms with Crippen molar-refractivity contribution in [3.8, 4) is 0 Å². The molecular formula is C44H69NO12. The molecule has 0 aromatic carbocycles.